The van der Waals surface area contributed by atoms with Gasteiger partial charge in [0.2, 0.25) is 0 Å². The lowest BCUT2D eigenvalue weighted by Crippen LogP contribution is -2.29. The van der Waals surface area contributed by atoms with Crippen LogP contribution in [0.15, 0.2) is 114 Å². The van der Waals surface area contributed by atoms with Gasteiger partial charge in [0, 0.05) is 18.0 Å². The molecule has 0 unspecified atom stereocenters. The van der Waals surface area contributed by atoms with Crippen molar-refractivity contribution in [3.8, 4) is 22.8 Å². The molecule has 0 amide bonds. The van der Waals surface area contributed by atoms with Crippen LogP contribution < -0.4 is 15.0 Å². The molecule has 198 valence electrons. The quantitative estimate of drug-likeness (QED) is 0.127. The number of ether oxygens (including phenoxy) is 1. The number of nitro groups is 1. The van der Waals surface area contributed by atoms with Crippen LogP contribution in [0.2, 0.25) is 0 Å². The van der Waals surface area contributed by atoms with Crippen molar-refractivity contribution in [1.29, 1.82) is 0 Å². The molecule has 0 radical (unpaired) electrons. The Morgan fingerprint density at radius 3 is 2.33 bits per heavy atom. The summed E-state index contributed by atoms with van der Waals surface area (Å²) in [6.45, 7) is 2.03. The second kappa shape index (κ2) is 10.6. The van der Waals surface area contributed by atoms with Gasteiger partial charge in [0.1, 0.15) is 29.1 Å². The van der Waals surface area contributed by atoms with Gasteiger partial charge in [0.15, 0.2) is 5.11 Å². The Balaban J connectivity index is 1.36. The second-order valence-corrected chi connectivity index (χ2v) is 9.77. The van der Waals surface area contributed by atoms with E-state index in [9.17, 15) is 10.1 Å². The van der Waals surface area contributed by atoms with Gasteiger partial charge in [-0.3, -0.25) is 15.1 Å². The third kappa shape index (κ3) is 4.90. The fourth-order valence-corrected chi connectivity index (χ4v) is 5.18. The fourth-order valence-electron chi connectivity index (χ4n) is 4.84. The van der Waals surface area contributed by atoms with Crippen LogP contribution in [0.3, 0.4) is 0 Å². The number of hydrogen-bond donors (Lipinski definition) is 1. The van der Waals surface area contributed by atoms with E-state index in [1.807, 2.05) is 84.6 Å². The van der Waals surface area contributed by atoms with E-state index in [1.165, 1.54) is 6.07 Å². The molecule has 0 bridgehead atoms. The first-order valence-corrected chi connectivity index (χ1v) is 13.1. The number of rotatable bonds is 7. The maximum atomic E-state index is 11.6. The molecule has 1 N–H and O–H groups in total. The number of nitro benzene ring substituents is 1. The Morgan fingerprint density at radius 1 is 0.925 bits per heavy atom. The number of nitrogens with one attached hydrogen (secondary N) is 1. The summed E-state index contributed by atoms with van der Waals surface area (Å²) >= 11 is 5.81. The Labute approximate surface area is 236 Å². The van der Waals surface area contributed by atoms with Gasteiger partial charge in [-0.15, -0.1) is 0 Å². The zero-order valence-electron chi connectivity index (χ0n) is 21.4. The molecule has 1 aliphatic rings. The molecule has 1 saturated heterocycles. The van der Waals surface area contributed by atoms with Crippen molar-refractivity contribution in [2.45, 2.75) is 19.0 Å². The number of aryl methyl sites for hydroxylation is 1. The Kier molecular flexibility index (Phi) is 6.71. The highest BCUT2D eigenvalue weighted by Crippen LogP contribution is 2.44. The topological polar surface area (TPSA) is 93.7 Å². The van der Waals surface area contributed by atoms with E-state index in [1.54, 1.807) is 30.5 Å². The minimum atomic E-state index is -0.410. The van der Waals surface area contributed by atoms with Crippen molar-refractivity contribution in [3.05, 3.63) is 136 Å². The largest absolute Gasteiger partial charge is 0.459 e. The third-order valence-electron chi connectivity index (χ3n) is 6.75. The summed E-state index contributed by atoms with van der Waals surface area (Å²) in [6.07, 6.45) is 1.73. The number of hydrogen-bond acceptors (Lipinski definition) is 6. The summed E-state index contributed by atoms with van der Waals surface area (Å²) < 4.78 is 12.3. The minimum absolute atomic E-state index is 0.0224. The molecule has 5 aromatic rings. The van der Waals surface area contributed by atoms with Crippen molar-refractivity contribution < 1.29 is 14.1 Å². The fraction of sp³-hybridized carbons (Fsp3) is 0.0968. The van der Waals surface area contributed by atoms with Crippen molar-refractivity contribution in [2.75, 3.05) is 4.90 Å². The highest BCUT2D eigenvalue weighted by Gasteiger charge is 2.42. The van der Waals surface area contributed by atoms with E-state index in [0.717, 1.165) is 22.7 Å². The summed E-state index contributed by atoms with van der Waals surface area (Å²) in [5.74, 6) is 2.45. The van der Waals surface area contributed by atoms with Gasteiger partial charge in [-0.1, -0.05) is 35.9 Å². The number of anilines is 1. The van der Waals surface area contributed by atoms with E-state index < -0.39 is 11.0 Å². The molecule has 2 atom stereocenters. The van der Waals surface area contributed by atoms with Crippen molar-refractivity contribution in [1.82, 2.24) is 10.3 Å². The molecule has 0 spiro atoms. The Morgan fingerprint density at radius 2 is 1.62 bits per heavy atom. The molecule has 0 saturated carbocycles. The minimum Gasteiger partial charge on any atom is -0.459 e. The normalized spacial score (nSPS) is 16.5. The number of furan rings is 1. The van der Waals surface area contributed by atoms with E-state index in [2.05, 4.69) is 10.3 Å². The van der Waals surface area contributed by atoms with Gasteiger partial charge in [0.25, 0.3) is 5.69 Å². The molecular weight excluding hydrogens is 524 g/mol. The van der Waals surface area contributed by atoms with Crippen LogP contribution in [-0.4, -0.2) is 15.0 Å². The van der Waals surface area contributed by atoms with Crippen molar-refractivity contribution in [2.24, 2.45) is 0 Å². The lowest BCUT2D eigenvalue weighted by atomic mass is 10.0. The molecule has 3 aromatic carbocycles. The molecule has 8 nitrogen and oxygen atoms in total. The standard InChI is InChI=1S/C31H24N4O4S/c1-20-9-13-22(14-10-20)38-23-15-11-21(12-16-23)34-30(29(33-31(34)40)25-7-4-5-19-32-25)28-18-17-27(39-28)24-6-2-3-8-26(24)35(36)37/h2-19,29-30H,1H3,(H,33,40)/t29-,30+/m0/s1. The summed E-state index contributed by atoms with van der Waals surface area (Å²) in [5, 5.41) is 15.6. The average molecular weight is 549 g/mol. The first-order valence-electron chi connectivity index (χ1n) is 12.7. The van der Waals surface area contributed by atoms with Gasteiger partial charge in [0.05, 0.1) is 22.2 Å². The molecule has 2 aromatic heterocycles. The van der Waals surface area contributed by atoms with Crippen LogP contribution in [0.25, 0.3) is 11.3 Å². The molecule has 3 heterocycles. The lowest BCUT2D eigenvalue weighted by molar-refractivity contribution is -0.384. The molecule has 1 aliphatic heterocycles. The van der Waals surface area contributed by atoms with Crippen LogP contribution >= 0.6 is 12.2 Å². The Bertz CT molecular complexity index is 1670. The average Bonchev–Trinajstić information content (AvgIpc) is 3.60. The SMILES string of the molecule is Cc1ccc(Oc2ccc(N3C(=S)N[C@@H](c4ccccn4)[C@H]3c3ccc(-c4ccccc4[N+](=O)[O-])o3)cc2)cc1. The van der Waals surface area contributed by atoms with E-state index >= 15 is 0 Å². The summed E-state index contributed by atoms with van der Waals surface area (Å²) in [7, 11) is 0. The molecule has 0 aliphatic carbocycles. The maximum absolute atomic E-state index is 11.6. The molecule has 40 heavy (non-hydrogen) atoms. The van der Waals surface area contributed by atoms with Crippen LogP contribution in [0.4, 0.5) is 11.4 Å². The number of nitrogens with zero attached hydrogens (tertiary/aromatic N) is 3. The summed E-state index contributed by atoms with van der Waals surface area (Å²) in [6, 6.07) is 30.7. The predicted molar refractivity (Wildman–Crippen MR) is 156 cm³/mol. The molecule has 9 heteroatoms. The molecular formula is C31H24N4O4S. The van der Waals surface area contributed by atoms with Crippen molar-refractivity contribution >= 4 is 28.7 Å². The van der Waals surface area contributed by atoms with Crippen molar-refractivity contribution in [3.63, 3.8) is 0 Å². The lowest BCUT2D eigenvalue weighted by Gasteiger charge is -2.26. The van der Waals surface area contributed by atoms with E-state index in [0.29, 0.717) is 27.9 Å². The Hall–Kier alpha value is -5.02. The number of para-hydroxylation sites is 1. The highest BCUT2D eigenvalue weighted by molar-refractivity contribution is 7.80. The first-order chi connectivity index (χ1) is 19.5. The van der Waals surface area contributed by atoms with Crippen LogP contribution in [0, 0.1) is 17.0 Å². The number of benzene rings is 3. The predicted octanol–water partition coefficient (Wildman–Crippen LogP) is 7.53. The second-order valence-electron chi connectivity index (χ2n) is 9.38. The number of pyridine rings is 1. The number of thiocarbonyl (C=S) groups is 1. The van der Waals surface area contributed by atoms with E-state index in [4.69, 9.17) is 21.4 Å². The van der Waals surface area contributed by atoms with E-state index in [-0.39, 0.29) is 11.7 Å². The van der Waals surface area contributed by atoms with Crippen LogP contribution in [-0.2, 0) is 0 Å². The van der Waals surface area contributed by atoms with Gasteiger partial charge in [-0.25, -0.2) is 0 Å². The summed E-state index contributed by atoms with van der Waals surface area (Å²) in [5.41, 5.74) is 3.17. The zero-order chi connectivity index (χ0) is 27.6. The molecule has 1 fully saturated rings. The highest BCUT2D eigenvalue weighted by atomic mass is 32.1. The monoisotopic (exact) mass is 548 g/mol. The van der Waals surface area contributed by atoms with Gasteiger partial charge in [-0.05, 0) is 85.9 Å². The zero-order valence-corrected chi connectivity index (χ0v) is 22.2. The smallest absolute Gasteiger partial charge is 0.280 e. The number of aromatic nitrogens is 1. The van der Waals surface area contributed by atoms with Gasteiger partial charge < -0.3 is 19.4 Å². The first kappa shape index (κ1) is 25.3. The van der Waals surface area contributed by atoms with Gasteiger partial charge in [-0.2, -0.15) is 0 Å². The van der Waals surface area contributed by atoms with Crippen LogP contribution in [0.1, 0.15) is 29.1 Å². The maximum Gasteiger partial charge on any atom is 0.280 e. The van der Waals surface area contributed by atoms with Crippen LogP contribution in [0.5, 0.6) is 11.5 Å². The third-order valence-corrected chi connectivity index (χ3v) is 7.07. The molecule has 6 rings (SSSR count). The summed E-state index contributed by atoms with van der Waals surface area (Å²) in [4.78, 5) is 17.8. The van der Waals surface area contributed by atoms with Gasteiger partial charge >= 0.3 is 0 Å².